The molecule has 4 rings (SSSR count). The van der Waals surface area contributed by atoms with E-state index in [2.05, 4.69) is 60.8 Å². The molecule has 0 saturated carbocycles. The second-order valence-corrected chi connectivity index (χ2v) is 7.67. The third-order valence-electron chi connectivity index (χ3n) is 4.88. The number of hydrogen-bond acceptors (Lipinski definition) is 8. The summed E-state index contributed by atoms with van der Waals surface area (Å²) in [5.41, 5.74) is 4.03. The van der Waals surface area contributed by atoms with Gasteiger partial charge in [-0.25, -0.2) is 5.43 Å². The molecule has 0 radical (unpaired) electrons. The topological polar surface area (TPSA) is 69.5 Å². The van der Waals surface area contributed by atoms with Crippen molar-refractivity contribution < 1.29 is 0 Å². The maximum atomic E-state index is 4.72. The van der Waals surface area contributed by atoms with Crippen molar-refractivity contribution in [2.24, 2.45) is 5.10 Å². The van der Waals surface area contributed by atoms with Crippen LogP contribution >= 0.6 is 11.8 Å². The van der Waals surface area contributed by atoms with Gasteiger partial charge in [-0.15, -0.1) is 11.8 Å². The highest BCUT2D eigenvalue weighted by Crippen LogP contribution is 2.22. The summed E-state index contributed by atoms with van der Waals surface area (Å²) >= 11 is 1.73. The lowest BCUT2D eigenvalue weighted by Gasteiger charge is -2.20. The average Bonchev–Trinajstić information content (AvgIpc) is 3.42. The molecule has 0 spiro atoms. The third kappa shape index (κ3) is 4.50. The third-order valence-corrected chi connectivity index (χ3v) is 5.63. The lowest BCUT2D eigenvalue weighted by molar-refractivity contribution is 0.838. The van der Waals surface area contributed by atoms with Gasteiger partial charge < -0.3 is 9.80 Å². The van der Waals surface area contributed by atoms with Crippen molar-refractivity contribution in [2.75, 3.05) is 47.7 Å². The van der Waals surface area contributed by atoms with Gasteiger partial charge in [-0.1, -0.05) is 12.1 Å². The summed E-state index contributed by atoms with van der Waals surface area (Å²) in [6, 6.07) is 8.28. The normalized spacial score (nSPS) is 17.2. The summed E-state index contributed by atoms with van der Waals surface area (Å²) in [5.74, 6) is 2.02. The van der Waals surface area contributed by atoms with Crippen LogP contribution < -0.4 is 15.2 Å². The number of aromatic nitrogens is 3. The fourth-order valence-corrected chi connectivity index (χ4v) is 3.78. The van der Waals surface area contributed by atoms with E-state index in [1.807, 2.05) is 0 Å². The second-order valence-electron chi connectivity index (χ2n) is 6.79. The summed E-state index contributed by atoms with van der Waals surface area (Å²) < 4.78 is 0. The van der Waals surface area contributed by atoms with E-state index in [9.17, 15) is 0 Å². The molecule has 7 nitrogen and oxygen atoms in total. The summed E-state index contributed by atoms with van der Waals surface area (Å²) in [4.78, 5) is 19.6. The molecule has 0 atom stereocenters. The average molecular weight is 384 g/mol. The highest BCUT2D eigenvalue weighted by molar-refractivity contribution is 7.98. The number of nitrogens with one attached hydrogen (secondary N) is 1. The summed E-state index contributed by atoms with van der Waals surface area (Å²) in [5, 5.41) is 4.33. The molecule has 2 saturated heterocycles. The highest BCUT2D eigenvalue weighted by Gasteiger charge is 2.21. The molecule has 1 N–H and O–H groups in total. The molecule has 0 bridgehead atoms. The zero-order valence-electron chi connectivity index (χ0n) is 15.6. The van der Waals surface area contributed by atoms with Crippen molar-refractivity contribution in [3.05, 3.63) is 29.8 Å². The maximum Gasteiger partial charge on any atom is 0.250 e. The van der Waals surface area contributed by atoms with E-state index in [1.165, 1.54) is 30.6 Å². The van der Waals surface area contributed by atoms with Crippen LogP contribution in [0.3, 0.4) is 0 Å². The van der Waals surface area contributed by atoms with Crippen molar-refractivity contribution in [1.29, 1.82) is 0 Å². The van der Waals surface area contributed by atoms with Crippen LogP contribution in [0.4, 0.5) is 17.8 Å². The fraction of sp³-hybridized carbons (Fsp3) is 0.474. The van der Waals surface area contributed by atoms with Crippen LogP contribution in [-0.2, 0) is 0 Å². The van der Waals surface area contributed by atoms with Crippen LogP contribution in [0.25, 0.3) is 0 Å². The summed E-state index contributed by atoms with van der Waals surface area (Å²) in [6.45, 7) is 4.03. The van der Waals surface area contributed by atoms with E-state index >= 15 is 0 Å². The smallest absolute Gasteiger partial charge is 0.250 e. The van der Waals surface area contributed by atoms with Crippen molar-refractivity contribution in [1.82, 2.24) is 15.0 Å². The molecule has 0 amide bonds. The first-order valence-corrected chi connectivity index (χ1v) is 10.7. The van der Waals surface area contributed by atoms with Gasteiger partial charge in [0.1, 0.15) is 0 Å². The Morgan fingerprint density at radius 1 is 0.889 bits per heavy atom. The Morgan fingerprint density at radius 2 is 1.44 bits per heavy atom. The highest BCUT2D eigenvalue weighted by atomic mass is 32.2. The number of hydrazone groups is 1. The zero-order chi connectivity index (χ0) is 18.5. The molecule has 0 aliphatic carbocycles. The van der Waals surface area contributed by atoms with Crippen LogP contribution in [0.5, 0.6) is 0 Å². The Morgan fingerprint density at radius 3 is 1.96 bits per heavy atom. The Kier molecular flexibility index (Phi) is 5.72. The Hall–Kier alpha value is -2.35. The van der Waals surface area contributed by atoms with Gasteiger partial charge in [-0.3, -0.25) is 0 Å². The Labute approximate surface area is 164 Å². The first-order valence-electron chi connectivity index (χ1n) is 9.51. The van der Waals surface area contributed by atoms with E-state index in [4.69, 9.17) is 4.98 Å². The van der Waals surface area contributed by atoms with Crippen molar-refractivity contribution in [3.8, 4) is 0 Å². The molecular weight excluding hydrogens is 358 g/mol. The predicted molar refractivity (Wildman–Crippen MR) is 112 cm³/mol. The molecule has 0 unspecified atom stereocenters. The molecule has 3 heterocycles. The van der Waals surface area contributed by atoms with Gasteiger partial charge in [0.2, 0.25) is 17.8 Å². The molecule has 2 aliphatic rings. The molecule has 27 heavy (non-hydrogen) atoms. The number of hydrogen-bond donors (Lipinski definition) is 1. The molecule has 1 aromatic carbocycles. The van der Waals surface area contributed by atoms with E-state index in [1.54, 1.807) is 18.0 Å². The lowest BCUT2D eigenvalue weighted by atomic mass is 10.2. The summed E-state index contributed by atoms with van der Waals surface area (Å²) in [7, 11) is 0. The van der Waals surface area contributed by atoms with E-state index in [-0.39, 0.29) is 0 Å². The molecule has 1 aromatic heterocycles. The van der Waals surface area contributed by atoms with E-state index in [0.717, 1.165) is 43.6 Å². The van der Waals surface area contributed by atoms with Gasteiger partial charge in [0, 0.05) is 31.1 Å². The molecule has 2 fully saturated rings. The fourth-order valence-electron chi connectivity index (χ4n) is 3.38. The number of benzene rings is 1. The number of rotatable bonds is 6. The number of thioether (sulfide) groups is 1. The van der Waals surface area contributed by atoms with Crippen molar-refractivity contribution in [2.45, 2.75) is 30.6 Å². The van der Waals surface area contributed by atoms with Crippen LogP contribution in [0.2, 0.25) is 0 Å². The number of nitrogens with zero attached hydrogens (tertiary/aromatic N) is 6. The predicted octanol–water partition coefficient (Wildman–Crippen LogP) is 3.24. The minimum absolute atomic E-state index is 0.505. The molecule has 142 valence electrons. The molecule has 2 aliphatic heterocycles. The standard InChI is InChI=1S/C19H25N7S/c1-27-16-8-6-15(7-9-16)14-20-24-17-21-18(25-10-2-3-11-25)23-19(22-17)26-12-4-5-13-26/h6-9,14H,2-5,10-13H2,1H3,(H,21,22,23,24)/b20-14-. The first kappa shape index (κ1) is 18.0. The van der Waals surface area contributed by atoms with Crippen LogP contribution in [-0.4, -0.2) is 53.6 Å². The van der Waals surface area contributed by atoms with E-state index < -0.39 is 0 Å². The van der Waals surface area contributed by atoms with Crippen molar-refractivity contribution >= 4 is 35.8 Å². The van der Waals surface area contributed by atoms with Gasteiger partial charge in [0.25, 0.3) is 0 Å². The molecule has 2 aromatic rings. The van der Waals surface area contributed by atoms with Crippen molar-refractivity contribution in [3.63, 3.8) is 0 Å². The summed E-state index contributed by atoms with van der Waals surface area (Å²) in [6.07, 6.45) is 8.63. The Bertz CT molecular complexity index is 747. The van der Waals surface area contributed by atoms with Crippen LogP contribution in [0, 0.1) is 0 Å². The zero-order valence-corrected chi connectivity index (χ0v) is 16.5. The van der Waals surface area contributed by atoms with Gasteiger partial charge in [-0.2, -0.15) is 20.1 Å². The van der Waals surface area contributed by atoms with Crippen LogP contribution in [0.15, 0.2) is 34.3 Å². The van der Waals surface area contributed by atoms with Gasteiger partial charge in [-0.05, 0) is 49.6 Å². The van der Waals surface area contributed by atoms with E-state index in [0.29, 0.717) is 5.95 Å². The molecular formula is C19H25N7S. The van der Waals surface area contributed by atoms with Gasteiger partial charge >= 0.3 is 0 Å². The minimum Gasteiger partial charge on any atom is -0.341 e. The lowest BCUT2D eigenvalue weighted by Crippen LogP contribution is -2.25. The van der Waals surface area contributed by atoms with Crippen LogP contribution in [0.1, 0.15) is 31.2 Å². The Balaban J connectivity index is 1.51. The maximum absolute atomic E-state index is 4.72. The second kappa shape index (κ2) is 8.56. The SMILES string of the molecule is CSc1ccc(/C=N\Nc2nc(N3CCCC3)nc(N3CCCC3)n2)cc1. The largest absolute Gasteiger partial charge is 0.341 e. The molecule has 8 heteroatoms. The monoisotopic (exact) mass is 383 g/mol. The van der Waals surface area contributed by atoms with Gasteiger partial charge in [0.05, 0.1) is 6.21 Å². The quantitative estimate of drug-likeness (QED) is 0.466. The minimum atomic E-state index is 0.505. The number of anilines is 3. The van der Waals surface area contributed by atoms with Gasteiger partial charge in [0.15, 0.2) is 0 Å². The first-order chi connectivity index (χ1) is 13.3.